The van der Waals surface area contributed by atoms with E-state index in [0.717, 1.165) is 97.6 Å². The Morgan fingerprint density at radius 1 is 0.900 bits per heavy atom. The number of likely N-dealkylation sites (tertiary alicyclic amines) is 1. The average molecular weight is 539 g/mol. The van der Waals surface area contributed by atoms with Gasteiger partial charge >= 0.3 is 0 Å². The Hall–Kier alpha value is -3.91. The Labute approximate surface area is 235 Å². The van der Waals surface area contributed by atoms with Crippen molar-refractivity contribution >= 4 is 22.6 Å². The summed E-state index contributed by atoms with van der Waals surface area (Å²) in [6.07, 6.45) is 7.89. The lowest BCUT2D eigenvalue weighted by molar-refractivity contribution is -0.130. The van der Waals surface area contributed by atoms with E-state index in [1.54, 1.807) is 6.92 Å². The molecule has 2 amide bonds. The number of benzene rings is 2. The van der Waals surface area contributed by atoms with Gasteiger partial charge in [0.15, 0.2) is 0 Å². The number of carbonyl (C=O) groups is 2. The number of likely N-dealkylation sites (N-methyl/N-ethyl adjacent to an activating group) is 1. The summed E-state index contributed by atoms with van der Waals surface area (Å²) in [5.41, 5.74) is 3.73. The van der Waals surface area contributed by atoms with Gasteiger partial charge in [-0.3, -0.25) is 9.59 Å². The monoisotopic (exact) mass is 538 g/mol. The van der Waals surface area contributed by atoms with Crippen molar-refractivity contribution < 1.29 is 9.59 Å². The zero-order valence-corrected chi connectivity index (χ0v) is 23.7. The molecule has 2 aromatic carbocycles. The molecule has 208 valence electrons. The van der Waals surface area contributed by atoms with Crippen molar-refractivity contribution in [3.8, 4) is 16.9 Å². The summed E-state index contributed by atoms with van der Waals surface area (Å²) in [4.78, 5) is 36.7. The Morgan fingerprint density at radius 2 is 1.62 bits per heavy atom. The number of carbonyl (C=O) groups excluding carboxylic acids is 2. The highest BCUT2D eigenvalue weighted by Crippen LogP contribution is 2.36. The van der Waals surface area contributed by atoms with Gasteiger partial charge in [-0.1, -0.05) is 42.5 Å². The van der Waals surface area contributed by atoms with E-state index in [2.05, 4.69) is 81.7 Å². The van der Waals surface area contributed by atoms with E-state index in [1.165, 1.54) is 0 Å². The van der Waals surface area contributed by atoms with Crippen LogP contribution >= 0.6 is 0 Å². The molecular weight excluding hydrogens is 500 g/mol. The van der Waals surface area contributed by atoms with Crippen LogP contribution in [-0.2, 0) is 11.3 Å². The Morgan fingerprint density at radius 3 is 2.38 bits per heavy atom. The van der Waals surface area contributed by atoms with E-state index < -0.39 is 0 Å². The highest BCUT2D eigenvalue weighted by molar-refractivity contribution is 6.07. The van der Waals surface area contributed by atoms with Gasteiger partial charge in [0, 0.05) is 70.2 Å². The average Bonchev–Trinajstić information content (AvgIpc) is 3.56. The number of imidazole rings is 1. The van der Waals surface area contributed by atoms with Crippen molar-refractivity contribution in [2.45, 2.75) is 33.2 Å². The lowest BCUT2D eigenvalue weighted by Gasteiger charge is -2.32. The van der Waals surface area contributed by atoms with E-state index in [9.17, 15) is 9.59 Å². The number of piperazine rings is 1. The maximum absolute atomic E-state index is 14.2. The smallest absolute Gasteiger partial charge is 0.256 e. The zero-order chi connectivity index (χ0) is 27.8. The first-order valence-electron chi connectivity index (χ1n) is 14.3. The molecule has 0 spiro atoms. The summed E-state index contributed by atoms with van der Waals surface area (Å²) in [5, 5.41) is 2.30. The van der Waals surface area contributed by atoms with Gasteiger partial charge < -0.3 is 23.8 Å². The number of aromatic nitrogens is 3. The molecule has 0 unspecified atom stereocenters. The maximum Gasteiger partial charge on any atom is 0.256 e. The van der Waals surface area contributed by atoms with Crippen LogP contribution < -0.4 is 0 Å². The quantitative estimate of drug-likeness (QED) is 0.377. The molecule has 2 aliphatic rings. The molecule has 0 N–H and O–H groups in total. The lowest BCUT2D eigenvalue weighted by atomic mass is 9.96. The fourth-order valence-electron chi connectivity index (χ4n) is 6.31. The minimum absolute atomic E-state index is 0.0926. The van der Waals surface area contributed by atoms with Crippen LogP contribution in [0.2, 0.25) is 0 Å². The lowest BCUT2D eigenvalue weighted by Crippen LogP contribution is -2.47. The van der Waals surface area contributed by atoms with Crippen molar-refractivity contribution in [2.24, 2.45) is 5.92 Å². The van der Waals surface area contributed by atoms with Crippen LogP contribution in [0, 0.1) is 12.8 Å². The van der Waals surface area contributed by atoms with Crippen molar-refractivity contribution in [1.29, 1.82) is 0 Å². The Balaban J connectivity index is 1.40. The van der Waals surface area contributed by atoms with Crippen LogP contribution in [0.25, 0.3) is 27.7 Å². The number of hydrogen-bond acceptors (Lipinski definition) is 4. The molecule has 8 heteroatoms. The molecule has 6 rings (SSSR count). The standard InChI is InChI=1S/C32H38N6O2/c1-23-31(32(40)36-17-15-34(3)16-18-36)29(28-10-6-8-26-7-4-5-9-27(26)28)21-38(23)30-19-33-22-37(30)20-25-11-13-35(14-12-25)24(2)39/h4-10,19,21-22,25H,11-18,20H2,1-3H3. The molecule has 2 aliphatic heterocycles. The third kappa shape index (κ3) is 4.92. The van der Waals surface area contributed by atoms with E-state index in [-0.39, 0.29) is 11.8 Å². The fourth-order valence-corrected chi connectivity index (χ4v) is 6.31. The minimum atomic E-state index is 0.0926. The van der Waals surface area contributed by atoms with Gasteiger partial charge in [0.05, 0.1) is 18.1 Å². The molecule has 8 nitrogen and oxygen atoms in total. The van der Waals surface area contributed by atoms with Crippen LogP contribution in [0.1, 0.15) is 35.8 Å². The molecular formula is C32H38N6O2. The van der Waals surface area contributed by atoms with Gasteiger partial charge in [0.1, 0.15) is 5.82 Å². The first-order valence-corrected chi connectivity index (χ1v) is 14.3. The second kappa shape index (κ2) is 10.9. The summed E-state index contributed by atoms with van der Waals surface area (Å²) in [7, 11) is 2.11. The second-order valence-corrected chi connectivity index (χ2v) is 11.3. The SMILES string of the molecule is CC(=O)N1CCC(Cn2cncc2-n2cc(-c3cccc4ccccc34)c(C(=O)N3CCN(C)CC3)c2C)CC1. The van der Waals surface area contributed by atoms with Crippen molar-refractivity contribution in [2.75, 3.05) is 46.3 Å². The molecule has 2 fully saturated rings. The third-order valence-electron chi connectivity index (χ3n) is 8.79. The summed E-state index contributed by atoms with van der Waals surface area (Å²) >= 11 is 0. The molecule has 4 aromatic rings. The summed E-state index contributed by atoms with van der Waals surface area (Å²) in [6, 6.07) is 14.7. The highest BCUT2D eigenvalue weighted by Gasteiger charge is 2.29. The Kier molecular flexibility index (Phi) is 7.19. The number of amides is 2. The summed E-state index contributed by atoms with van der Waals surface area (Å²) in [5.74, 6) is 1.69. The largest absolute Gasteiger partial charge is 0.343 e. The molecule has 0 aliphatic carbocycles. The predicted octanol–water partition coefficient (Wildman–Crippen LogP) is 4.45. The van der Waals surface area contributed by atoms with Gasteiger partial charge in [-0.25, -0.2) is 4.98 Å². The predicted molar refractivity (Wildman–Crippen MR) is 158 cm³/mol. The van der Waals surface area contributed by atoms with E-state index in [0.29, 0.717) is 5.92 Å². The number of fused-ring (bicyclic) bond motifs is 1. The number of nitrogens with zero attached hydrogens (tertiary/aromatic N) is 6. The second-order valence-electron chi connectivity index (χ2n) is 11.3. The molecule has 4 heterocycles. The van der Waals surface area contributed by atoms with Crippen LogP contribution in [0.3, 0.4) is 0 Å². The van der Waals surface area contributed by atoms with Gasteiger partial charge in [-0.05, 0) is 49.1 Å². The summed E-state index contributed by atoms with van der Waals surface area (Å²) in [6.45, 7) is 9.37. The zero-order valence-electron chi connectivity index (χ0n) is 23.7. The third-order valence-corrected chi connectivity index (χ3v) is 8.79. The maximum atomic E-state index is 14.2. The van der Waals surface area contributed by atoms with Crippen LogP contribution in [0.15, 0.2) is 61.2 Å². The number of piperidine rings is 1. The highest BCUT2D eigenvalue weighted by atomic mass is 16.2. The van der Waals surface area contributed by atoms with Crippen molar-refractivity contribution in [3.63, 3.8) is 0 Å². The Bertz CT molecular complexity index is 1530. The van der Waals surface area contributed by atoms with E-state index in [4.69, 9.17) is 0 Å². The molecule has 0 atom stereocenters. The fraction of sp³-hybridized carbons (Fsp3) is 0.406. The van der Waals surface area contributed by atoms with Gasteiger partial charge in [0.2, 0.25) is 5.91 Å². The number of rotatable bonds is 5. The summed E-state index contributed by atoms with van der Waals surface area (Å²) < 4.78 is 4.36. The van der Waals surface area contributed by atoms with Crippen molar-refractivity contribution in [1.82, 2.24) is 28.8 Å². The molecule has 0 radical (unpaired) electrons. The number of hydrogen-bond donors (Lipinski definition) is 0. The van der Waals surface area contributed by atoms with Gasteiger partial charge in [-0.15, -0.1) is 0 Å². The molecule has 0 bridgehead atoms. The van der Waals surface area contributed by atoms with Crippen LogP contribution in [0.4, 0.5) is 0 Å². The molecule has 2 aromatic heterocycles. The molecule has 2 saturated heterocycles. The molecule has 40 heavy (non-hydrogen) atoms. The van der Waals surface area contributed by atoms with E-state index in [1.807, 2.05) is 22.3 Å². The van der Waals surface area contributed by atoms with Gasteiger partial charge in [-0.2, -0.15) is 0 Å². The minimum Gasteiger partial charge on any atom is -0.343 e. The van der Waals surface area contributed by atoms with Gasteiger partial charge in [0.25, 0.3) is 5.91 Å². The van der Waals surface area contributed by atoms with Crippen LogP contribution in [-0.4, -0.2) is 86.9 Å². The normalized spacial score (nSPS) is 17.1. The van der Waals surface area contributed by atoms with E-state index >= 15 is 0 Å². The van der Waals surface area contributed by atoms with Crippen LogP contribution in [0.5, 0.6) is 0 Å². The van der Waals surface area contributed by atoms with Crippen molar-refractivity contribution in [3.05, 3.63) is 72.4 Å². The molecule has 0 saturated carbocycles. The first kappa shape index (κ1) is 26.3. The first-order chi connectivity index (χ1) is 19.4. The topological polar surface area (TPSA) is 66.6 Å².